The van der Waals surface area contributed by atoms with Crippen LogP contribution >= 0.6 is 0 Å². The third-order valence-electron chi connectivity index (χ3n) is 5.40. The van der Waals surface area contributed by atoms with E-state index in [2.05, 4.69) is 49.3 Å². The van der Waals surface area contributed by atoms with Crippen molar-refractivity contribution in [2.45, 2.75) is 58.9 Å². The van der Waals surface area contributed by atoms with Gasteiger partial charge in [-0.1, -0.05) is 20.3 Å². The van der Waals surface area contributed by atoms with Crippen molar-refractivity contribution in [3.8, 4) is 0 Å². The molecule has 6 heteroatoms. The third-order valence-corrected chi connectivity index (χ3v) is 5.40. The number of hydrogen-bond acceptors (Lipinski definition) is 3. The lowest BCUT2D eigenvalue weighted by Crippen LogP contribution is -2.41. The predicted octanol–water partition coefficient (Wildman–Crippen LogP) is 3.15. The number of nitrogens with one attached hydrogen (secondary N) is 1. The molecule has 0 aromatic carbocycles. The van der Waals surface area contributed by atoms with Crippen LogP contribution in [0.25, 0.3) is 0 Å². The summed E-state index contributed by atoms with van der Waals surface area (Å²) < 4.78 is 7.22. The van der Waals surface area contributed by atoms with Crippen LogP contribution in [0.15, 0.2) is 11.2 Å². The molecule has 0 unspecified atom stereocenters. The van der Waals surface area contributed by atoms with Gasteiger partial charge >= 0.3 is 0 Å². The van der Waals surface area contributed by atoms with E-state index in [0.29, 0.717) is 11.3 Å². The van der Waals surface area contributed by atoms with Crippen LogP contribution in [0.3, 0.4) is 0 Å². The van der Waals surface area contributed by atoms with Crippen LogP contribution < -0.4 is 5.32 Å². The highest BCUT2D eigenvalue weighted by molar-refractivity contribution is 5.79. The number of aliphatic imine (C=N–C) groups is 1. The second-order valence-electron chi connectivity index (χ2n) is 7.99. The third kappa shape index (κ3) is 5.22. The number of methoxy groups -OCH3 is 1. The second kappa shape index (κ2) is 9.40. The lowest BCUT2D eigenvalue weighted by atomic mass is 9.67. The maximum Gasteiger partial charge on any atom is 0.193 e. The van der Waals surface area contributed by atoms with Gasteiger partial charge in [0.25, 0.3) is 0 Å². The van der Waals surface area contributed by atoms with Crippen molar-refractivity contribution < 1.29 is 4.74 Å². The van der Waals surface area contributed by atoms with Gasteiger partial charge in [-0.2, -0.15) is 5.10 Å². The van der Waals surface area contributed by atoms with Crippen LogP contribution in [0, 0.1) is 5.41 Å². The Morgan fingerprint density at radius 1 is 1.46 bits per heavy atom. The van der Waals surface area contributed by atoms with E-state index >= 15 is 0 Å². The zero-order valence-electron chi connectivity index (χ0n) is 17.5. The first-order valence-electron chi connectivity index (χ1n) is 9.91. The van der Waals surface area contributed by atoms with Crippen molar-refractivity contribution in [3.63, 3.8) is 0 Å². The maximum atomic E-state index is 5.31. The molecule has 1 fully saturated rings. The predicted molar refractivity (Wildman–Crippen MR) is 108 cm³/mol. The average molecular weight is 364 g/mol. The van der Waals surface area contributed by atoms with Gasteiger partial charge in [0.2, 0.25) is 0 Å². The number of rotatable bonds is 9. The summed E-state index contributed by atoms with van der Waals surface area (Å²) in [6.45, 7) is 9.92. The van der Waals surface area contributed by atoms with Crippen molar-refractivity contribution in [1.29, 1.82) is 0 Å². The lowest BCUT2D eigenvalue weighted by Gasteiger charge is -2.41. The number of aromatic nitrogens is 2. The highest BCUT2D eigenvalue weighted by atomic mass is 16.5. The molecule has 26 heavy (non-hydrogen) atoms. The molecule has 1 heterocycles. The molecule has 1 saturated carbocycles. The van der Waals surface area contributed by atoms with Gasteiger partial charge in [-0.3, -0.25) is 9.67 Å². The van der Waals surface area contributed by atoms with Crippen molar-refractivity contribution in [3.05, 3.63) is 17.5 Å². The Morgan fingerprint density at radius 2 is 2.19 bits per heavy atom. The summed E-state index contributed by atoms with van der Waals surface area (Å²) in [5, 5.41) is 8.08. The Labute approximate surface area is 159 Å². The zero-order valence-corrected chi connectivity index (χ0v) is 17.5. The van der Waals surface area contributed by atoms with Crippen LogP contribution in [0.2, 0.25) is 0 Å². The SMILES string of the molecule is CCNC(=NCC1(CCOC)CCC1)N(C)Cc1cn(C)nc1C(C)C. The van der Waals surface area contributed by atoms with E-state index in [1.165, 1.54) is 30.5 Å². The number of ether oxygens (including phenoxy) is 1. The molecular weight excluding hydrogens is 326 g/mol. The highest BCUT2D eigenvalue weighted by Crippen LogP contribution is 2.44. The van der Waals surface area contributed by atoms with Crippen LogP contribution in [0.4, 0.5) is 0 Å². The number of guanidine groups is 1. The van der Waals surface area contributed by atoms with Gasteiger partial charge in [-0.15, -0.1) is 0 Å². The van der Waals surface area contributed by atoms with Crippen LogP contribution in [-0.4, -0.2) is 54.5 Å². The molecule has 148 valence electrons. The van der Waals surface area contributed by atoms with Crippen molar-refractivity contribution in [1.82, 2.24) is 20.0 Å². The fourth-order valence-corrected chi connectivity index (χ4v) is 3.69. The van der Waals surface area contributed by atoms with Gasteiger partial charge in [0, 0.05) is 59.2 Å². The Hall–Kier alpha value is -1.56. The fraction of sp³-hybridized carbons (Fsp3) is 0.800. The first-order valence-corrected chi connectivity index (χ1v) is 9.91. The largest absolute Gasteiger partial charge is 0.385 e. The van der Waals surface area contributed by atoms with Gasteiger partial charge in [0.1, 0.15) is 0 Å². The van der Waals surface area contributed by atoms with E-state index in [4.69, 9.17) is 9.73 Å². The lowest BCUT2D eigenvalue weighted by molar-refractivity contribution is 0.0776. The molecule has 0 bridgehead atoms. The first-order chi connectivity index (χ1) is 12.4. The Morgan fingerprint density at radius 3 is 2.73 bits per heavy atom. The molecule has 0 aliphatic heterocycles. The monoisotopic (exact) mass is 363 g/mol. The number of hydrogen-bond donors (Lipinski definition) is 1. The number of aryl methyl sites for hydroxylation is 1. The van der Waals surface area contributed by atoms with E-state index in [1.807, 2.05) is 11.7 Å². The standard InChI is InChI=1S/C20H37N5O/c1-7-21-19(22-15-20(9-8-10-20)11-12-26-6)24(4)13-17-14-25(5)23-18(17)16(2)3/h14,16H,7-13,15H2,1-6H3,(H,21,22). The van der Waals surface area contributed by atoms with E-state index < -0.39 is 0 Å². The molecule has 1 aromatic heterocycles. The molecule has 0 amide bonds. The second-order valence-corrected chi connectivity index (χ2v) is 7.99. The topological polar surface area (TPSA) is 54.7 Å². The molecule has 0 saturated heterocycles. The molecule has 2 rings (SSSR count). The van der Waals surface area contributed by atoms with Crippen molar-refractivity contribution in [2.24, 2.45) is 17.5 Å². The van der Waals surface area contributed by atoms with E-state index in [1.54, 1.807) is 7.11 Å². The van der Waals surface area contributed by atoms with Gasteiger partial charge < -0.3 is 15.0 Å². The molecule has 0 atom stereocenters. The molecule has 1 aliphatic carbocycles. The smallest absolute Gasteiger partial charge is 0.193 e. The minimum absolute atomic E-state index is 0.342. The fourth-order valence-electron chi connectivity index (χ4n) is 3.69. The average Bonchev–Trinajstić information content (AvgIpc) is 2.93. The van der Waals surface area contributed by atoms with Gasteiger partial charge in [-0.05, 0) is 37.5 Å². The summed E-state index contributed by atoms with van der Waals surface area (Å²) in [4.78, 5) is 7.20. The molecule has 1 aliphatic rings. The van der Waals surface area contributed by atoms with Crippen LogP contribution in [0.1, 0.15) is 63.6 Å². The maximum absolute atomic E-state index is 5.31. The summed E-state index contributed by atoms with van der Waals surface area (Å²) >= 11 is 0. The Kier molecular flexibility index (Phi) is 7.50. The number of nitrogens with zero attached hydrogens (tertiary/aromatic N) is 4. The summed E-state index contributed by atoms with van der Waals surface area (Å²) in [7, 11) is 5.89. The summed E-state index contributed by atoms with van der Waals surface area (Å²) in [6, 6.07) is 0. The van der Waals surface area contributed by atoms with Gasteiger partial charge in [0.15, 0.2) is 5.96 Å². The molecule has 0 spiro atoms. The van der Waals surface area contributed by atoms with E-state index in [0.717, 1.165) is 38.6 Å². The minimum atomic E-state index is 0.342. The van der Waals surface area contributed by atoms with E-state index in [9.17, 15) is 0 Å². The minimum Gasteiger partial charge on any atom is -0.385 e. The quantitative estimate of drug-likeness (QED) is 0.541. The Bertz CT molecular complexity index is 589. The van der Waals surface area contributed by atoms with Crippen LogP contribution in [0.5, 0.6) is 0 Å². The molecule has 6 nitrogen and oxygen atoms in total. The summed E-state index contributed by atoms with van der Waals surface area (Å²) in [5.74, 6) is 1.40. The molecular formula is C20H37N5O. The van der Waals surface area contributed by atoms with Crippen LogP contribution in [-0.2, 0) is 18.3 Å². The Balaban J connectivity index is 2.08. The van der Waals surface area contributed by atoms with E-state index in [-0.39, 0.29) is 0 Å². The van der Waals surface area contributed by atoms with Crippen molar-refractivity contribution >= 4 is 5.96 Å². The molecule has 1 aromatic rings. The zero-order chi connectivity index (χ0) is 19.2. The molecule has 1 N–H and O–H groups in total. The van der Waals surface area contributed by atoms with Gasteiger partial charge in [-0.25, -0.2) is 0 Å². The first kappa shape index (κ1) is 20.7. The summed E-state index contributed by atoms with van der Waals surface area (Å²) in [6.07, 6.45) is 7.09. The molecule has 0 radical (unpaired) electrons. The summed E-state index contributed by atoms with van der Waals surface area (Å²) in [5.41, 5.74) is 2.79. The highest BCUT2D eigenvalue weighted by Gasteiger charge is 2.36. The van der Waals surface area contributed by atoms with Gasteiger partial charge in [0.05, 0.1) is 5.69 Å². The van der Waals surface area contributed by atoms with Crippen molar-refractivity contribution in [2.75, 3.05) is 33.9 Å². The normalized spacial score (nSPS) is 16.7.